The first-order chi connectivity index (χ1) is 8.89. The summed E-state index contributed by atoms with van der Waals surface area (Å²) in [5.74, 6) is 1.51. The van der Waals surface area contributed by atoms with Crippen LogP contribution in [0.2, 0.25) is 0 Å². The van der Waals surface area contributed by atoms with Gasteiger partial charge in [0.15, 0.2) is 0 Å². The summed E-state index contributed by atoms with van der Waals surface area (Å²) in [5.41, 5.74) is 8.32. The van der Waals surface area contributed by atoms with Crippen molar-refractivity contribution in [1.29, 1.82) is 0 Å². The van der Waals surface area contributed by atoms with E-state index in [-0.39, 0.29) is 5.54 Å². The fourth-order valence-corrected chi connectivity index (χ4v) is 1.96. The number of methoxy groups -OCH3 is 1. The maximum atomic E-state index is 5.72. The van der Waals surface area contributed by atoms with E-state index in [1.807, 2.05) is 0 Å². The molecule has 1 aromatic rings. The van der Waals surface area contributed by atoms with Crippen molar-refractivity contribution < 1.29 is 4.74 Å². The maximum absolute atomic E-state index is 5.72. The Morgan fingerprint density at radius 2 is 2.00 bits per heavy atom. The third kappa shape index (κ3) is 4.84. The molecule has 0 saturated carbocycles. The molecule has 1 rings (SSSR count). The zero-order valence-corrected chi connectivity index (χ0v) is 12.9. The van der Waals surface area contributed by atoms with Gasteiger partial charge in [-0.15, -0.1) is 0 Å². The highest BCUT2D eigenvalue weighted by molar-refractivity contribution is 5.38. The molecule has 0 unspecified atom stereocenters. The number of nitrogens with one attached hydrogen (secondary N) is 1. The van der Waals surface area contributed by atoms with Gasteiger partial charge in [-0.2, -0.15) is 0 Å². The normalized spacial score (nSPS) is 11.9. The smallest absolute Gasteiger partial charge is 0.122 e. The third-order valence-corrected chi connectivity index (χ3v) is 3.48. The molecule has 0 aromatic heterocycles. The van der Waals surface area contributed by atoms with E-state index in [1.165, 1.54) is 11.1 Å². The minimum Gasteiger partial charge on any atom is -0.496 e. The predicted molar refractivity (Wildman–Crippen MR) is 81.9 cm³/mol. The first-order valence-corrected chi connectivity index (χ1v) is 7.01. The number of benzene rings is 1. The molecule has 0 aliphatic carbocycles. The largest absolute Gasteiger partial charge is 0.496 e. The van der Waals surface area contributed by atoms with E-state index in [2.05, 4.69) is 51.2 Å². The molecule has 0 spiro atoms. The zero-order chi connectivity index (χ0) is 14.5. The second kappa shape index (κ2) is 6.92. The molecule has 0 aliphatic heterocycles. The van der Waals surface area contributed by atoms with Crippen LogP contribution >= 0.6 is 0 Å². The van der Waals surface area contributed by atoms with Crippen LogP contribution in [0.5, 0.6) is 5.75 Å². The van der Waals surface area contributed by atoms with E-state index < -0.39 is 0 Å². The fourth-order valence-electron chi connectivity index (χ4n) is 1.96. The Kier molecular flexibility index (Phi) is 5.83. The summed E-state index contributed by atoms with van der Waals surface area (Å²) < 4.78 is 5.44. The summed E-state index contributed by atoms with van der Waals surface area (Å²) in [6.07, 6.45) is 0.952. The van der Waals surface area contributed by atoms with Gasteiger partial charge in [0.25, 0.3) is 0 Å². The lowest BCUT2D eigenvalue weighted by Crippen LogP contribution is -2.46. The molecule has 0 saturated heterocycles. The Hall–Kier alpha value is -1.06. The summed E-state index contributed by atoms with van der Waals surface area (Å²) in [5, 5.41) is 3.48. The van der Waals surface area contributed by atoms with E-state index in [9.17, 15) is 0 Å². The zero-order valence-electron chi connectivity index (χ0n) is 12.9. The third-order valence-electron chi connectivity index (χ3n) is 3.48. The van der Waals surface area contributed by atoms with Gasteiger partial charge in [-0.05, 0) is 49.9 Å². The van der Waals surface area contributed by atoms with Crippen molar-refractivity contribution in [3.8, 4) is 5.75 Å². The average molecular weight is 264 g/mol. The molecule has 0 heterocycles. The van der Waals surface area contributed by atoms with Crippen LogP contribution in [0.3, 0.4) is 0 Å². The standard InChI is InChI=1S/C16H28N2O/c1-12(2)13-6-7-15(19-5)14(10-13)8-9-18-16(3,4)11-17/h6-7,10,12,18H,8-9,11,17H2,1-5H3. The van der Waals surface area contributed by atoms with E-state index in [0.717, 1.165) is 18.7 Å². The van der Waals surface area contributed by atoms with E-state index >= 15 is 0 Å². The summed E-state index contributed by atoms with van der Waals surface area (Å²) >= 11 is 0. The van der Waals surface area contributed by atoms with Gasteiger partial charge in [0.1, 0.15) is 5.75 Å². The predicted octanol–water partition coefficient (Wildman–Crippen LogP) is 2.69. The van der Waals surface area contributed by atoms with Crippen LogP contribution in [0.15, 0.2) is 18.2 Å². The van der Waals surface area contributed by atoms with Gasteiger partial charge in [0.2, 0.25) is 0 Å². The first kappa shape index (κ1) is 16.0. The molecule has 0 amide bonds. The number of ether oxygens (including phenoxy) is 1. The molecule has 1 aromatic carbocycles. The lowest BCUT2D eigenvalue weighted by molar-refractivity contribution is 0.392. The van der Waals surface area contributed by atoms with Crippen molar-refractivity contribution >= 4 is 0 Å². The Morgan fingerprint density at radius 1 is 1.32 bits per heavy atom. The minimum atomic E-state index is -0.0110. The maximum Gasteiger partial charge on any atom is 0.122 e. The van der Waals surface area contributed by atoms with Crippen LogP contribution in [0, 0.1) is 0 Å². The molecular formula is C16H28N2O. The molecule has 0 fully saturated rings. The lowest BCUT2D eigenvalue weighted by atomic mass is 9.98. The van der Waals surface area contributed by atoms with Gasteiger partial charge >= 0.3 is 0 Å². The highest BCUT2D eigenvalue weighted by atomic mass is 16.5. The molecule has 0 atom stereocenters. The lowest BCUT2D eigenvalue weighted by Gasteiger charge is -2.24. The fraction of sp³-hybridized carbons (Fsp3) is 0.625. The van der Waals surface area contributed by atoms with Crippen molar-refractivity contribution in [2.24, 2.45) is 5.73 Å². The monoisotopic (exact) mass is 264 g/mol. The number of hydrogen-bond donors (Lipinski definition) is 2. The molecule has 3 heteroatoms. The van der Waals surface area contributed by atoms with Crippen LogP contribution in [0.4, 0.5) is 0 Å². The molecule has 3 nitrogen and oxygen atoms in total. The summed E-state index contributed by atoms with van der Waals surface area (Å²) in [4.78, 5) is 0. The summed E-state index contributed by atoms with van der Waals surface area (Å²) in [7, 11) is 1.73. The van der Waals surface area contributed by atoms with Crippen LogP contribution in [0.25, 0.3) is 0 Å². The van der Waals surface area contributed by atoms with E-state index in [0.29, 0.717) is 12.5 Å². The molecule has 108 valence electrons. The van der Waals surface area contributed by atoms with Crippen LogP contribution in [-0.2, 0) is 6.42 Å². The van der Waals surface area contributed by atoms with Gasteiger partial charge in [0.05, 0.1) is 7.11 Å². The van der Waals surface area contributed by atoms with Gasteiger partial charge in [-0.1, -0.05) is 26.0 Å². The second-order valence-corrected chi connectivity index (χ2v) is 5.99. The Balaban J connectivity index is 2.73. The molecule has 3 N–H and O–H groups in total. The van der Waals surface area contributed by atoms with E-state index in [1.54, 1.807) is 7.11 Å². The quantitative estimate of drug-likeness (QED) is 0.796. The van der Waals surface area contributed by atoms with Crippen molar-refractivity contribution in [3.05, 3.63) is 29.3 Å². The van der Waals surface area contributed by atoms with Gasteiger partial charge in [-0.3, -0.25) is 0 Å². The van der Waals surface area contributed by atoms with Gasteiger partial charge in [-0.25, -0.2) is 0 Å². The number of rotatable bonds is 7. The SMILES string of the molecule is COc1ccc(C(C)C)cc1CCNC(C)(C)CN. The highest BCUT2D eigenvalue weighted by Crippen LogP contribution is 2.24. The van der Waals surface area contributed by atoms with Crippen molar-refractivity contribution in [1.82, 2.24) is 5.32 Å². The Bertz CT molecular complexity index is 400. The van der Waals surface area contributed by atoms with E-state index in [4.69, 9.17) is 10.5 Å². The minimum absolute atomic E-state index is 0.0110. The van der Waals surface area contributed by atoms with Crippen LogP contribution in [-0.4, -0.2) is 25.7 Å². The van der Waals surface area contributed by atoms with Crippen molar-refractivity contribution in [3.63, 3.8) is 0 Å². The molecule has 0 radical (unpaired) electrons. The van der Waals surface area contributed by atoms with Crippen LogP contribution in [0.1, 0.15) is 44.7 Å². The summed E-state index contributed by atoms with van der Waals surface area (Å²) in [6, 6.07) is 6.46. The molecular weight excluding hydrogens is 236 g/mol. The number of nitrogens with two attached hydrogens (primary N) is 1. The number of hydrogen-bond acceptors (Lipinski definition) is 3. The van der Waals surface area contributed by atoms with Crippen molar-refractivity contribution in [2.75, 3.05) is 20.2 Å². The summed E-state index contributed by atoms with van der Waals surface area (Å²) in [6.45, 7) is 10.2. The van der Waals surface area contributed by atoms with Crippen LogP contribution < -0.4 is 15.8 Å². The molecule has 0 aliphatic rings. The molecule has 0 bridgehead atoms. The van der Waals surface area contributed by atoms with Crippen molar-refractivity contribution in [2.45, 2.75) is 45.6 Å². The van der Waals surface area contributed by atoms with Gasteiger partial charge in [0, 0.05) is 12.1 Å². The average Bonchev–Trinajstić information content (AvgIpc) is 2.38. The Morgan fingerprint density at radius 3 is 2.53 bits per heavy atom. The topological polar surface area (TPSA) is 47.3 Å². The second-order valence-electron chi connectivity index (χ2n) is 5.99. The first-order valence-electron chi connectivity index (χ1n) is 7.01. The molecule has 19 heavy (non-hydrogen) atoms. The highest BCUT2D eigenvalue weighted by Gasteiger charge is 2.14. The van der Waals surface area contributed by atoms with Gasteiger partial charge < -0.3 is 15.8 Å². The Labute approximate surface area is 117 Å².